The quantitative estimate of drug-likeness (QED) is 0.594. The fraction of sp³-hybridized carbons (Fsp3) is 0.318. The molecule has 1 unspecified atom stereocenters. The molecule has 4 heteroatoms. The lowest BCUT2D eigenvalue weighted by molar-refractivity contribution is -0.145. The molecule has 0 amide bonds. The second-order valence-corrected chi connectivity index (χ2v) is 6.64. The van der Waals surface area contributed by atoms with Crippen molar-refractivity contribution in [2.24, 2.45) is 11.5 Å². The Hall–Kier alpha value is -2.43. The molecular formula is C22H26N2O2. The highest BCUT2D eigenvalue weighted by Gasteiger charge is 2.15. The highest BCUT2D eigenvalue weighted by Crippen LogP contribution is 2.32. The predicted octanol–water partition coefficient (Wildman–Crippen LogP) is 2.94. The Kier molecular flexibility index (Phi) is 6.21. The summed E-state index contributed by atoms with van der Waals surface area (Å²) in [6, 6.07) is 16.3. The van der Waals surface area contributed by atoms with Crippen LogP contribution < -0.4 is 11.5 Å². The number of benzene rings is 2. The molecule has 4 nitrogen and oxygen atoms in total. The van der Waals surface area contributed by atoms with Gasteiger partial charge in [0.15, 0.2) is 0 Å². The second kappa shape index (κ2) is 8.79. The highest BCUT2D eigenvalue weighted by atomic mass is 16.5. The van der Waals surface area contributed by atoms with Gasteiger partial charge in [0.1, 0.15) is 6.04 Å². The number of hydrogen-bond donors (Lipinski definition) is 2. The Morgan fingerprint density at radius 3 is 2.65 bits per heavy atom. The van der Waals surface area contributed by atoms with Crippen molar-refractivity contribution in [2.75, 3.05) is 13.2 Å². The Morgan fingerprint density at radius 2 is 1.88 bits per heavy atom. The first-order valence-corrected chi connectivity index (χ1v) is 9.18. The molecule has 0 bridgehead atoms. The number of rotatable bonds is 7. The minimum atomic E-state index is -0.726. The molecule has 0 radical (unpaired) electrons. The van der Waals surface area contributed by atoms with Crippen molar-refractivity contribution in [3.63, 3.8) is 0 Å². The summed E-state index contributed by atoms with van der Waals surface area (Å²) in [6.45, 7) is 0.476. The molecule has 0 spiro atoms. The Bertz CT molecular complexity index is 784. The molecule has 2 aromatic rings. The van der Waals surface area contributed by atoms with Crippen LogP contribution in [-0.2, 0) is 22.4 Å². The topological polar surface area (TPSA) is 78.3 Å². The summed E-state index contributed by atoms with van der Waals surface area (Å²) in [7, 11) is 0. The summed E-state index contributed by atoms with van der Waals surface area (Å²) in [5.41, 5.74) is 17.6. The van der Waals surface area contributed by atoms with E-state index in [1.165, 1.54) is 27.8 Å². The molecule has 0 fully saturated rings. The molecule has 0 saturated heterocycles. The third-order valence-corrected chi connectivity index (χ3v) is 4.81. The molecule has 3 rings (SSSR count). The third kappa shape index (κ3) is 4.40. The van der Waals surface area contributed by atoms with Crippen LogP contribution in [0.4, 0.5) is 0 Å². The molecule has 2 aromatic carbocycles. The van der Waals surface area contributed by atoms with Gasteiger partial charge < -0.3 is 16.2 Å². The van der Waals surface area contributed by atoms with E-state index in [0.717, 1.165) is 25.7 Å². The van der Waals surface area contributed by atoms with Gasteiger partial charge in [-0.05, 0) is 53.5 Å². The molecule has 0 aromatic heterocycles. The van der Waals surface area contributed by atoms with Crippen LogP contribution in [0.1, 0.15) is 35.1 Å². The zero-order chi connectivity index (χ0) is 18.4. The average Bonchev–Trinajstić information content (AvgIpc) is 2.70. The zero-order valence-corrected chi connectivity index (χ0v) is 15.0. The van der Waals surface area contributed by atoms with Crippen molar-refractivity contribution in [1.82, 2.24) is 0 Å². The lowest BCUT2D eigenvalue weighted by Crippen LogP contribution is -2.39. The van der Waals surface area contributed by atoms with Crippen molar-refractivity contribution in [3.8, 4) is 0 Å². The fourth-order valence-electron chi connectivity index (χ4n) is 3.32. The van der Waals surface area contributed by atoms with Gasteiger partial charge in [-0.3, -0.25) is 4.79 Å². The molecule has 0 aliphatic heterocycles. The Balaban J connectivity index is 1.68. The number of carbonyl (C=O) groups excluding carboxylic acids is 1. The summed E-state index contributed by atoms with van der Waals surface area (Å²) in [6.07, 6.45) is 6.08. The number of allylic oxidation sites excluding steroid dienone is 1. The van der Waals surface area contributed by atoms with E-state index in [2.05, 4.69) is 48.5 Å². The van der Waals surface area contributed by atoms with Gasteiger partial charge in [-0.15, -0.1) is 0 Å². The minimum absolute atomic E-state index is 0.109. The van der Waals surface area contributed by atoms with Crippen molar-refractivity contribution < 1.29 is 9.53 Å². The van der Waals surface area contributed by atoms with Crippen molar-refractivity contribution >= 4 is 17.6 Å². The molecule has 1 atom stereocenters. The van der Waals surface area contributed by atoms with Gasteiger partial charge in [-0.2, -0.15) is 0 Å². The Labute approximate surface area is 154 Å². The van der Waals surface area contributed by atoms with Gasteiger partial charge in [0, 0.05) is 6.54 Å². The van der Waals surface area contributed by atoms with Crippen LogP contribution in [0.15, 0.2) is 48.5 Å². The average molecular weight is 350 g/mol. The summed E-state index contributed by atoms with van der Waals surface area (Å²) in [4.78, 5) is 11.6. The van der Waals surface area contributed by atoms with E-state index < -0.39 is 12.0 Å². The number of ether oxygens (including phenoxy) is 1. The smallest absolute Gasteiger partial charge is 0.324 e. The van der Waals surface area contributed by atoms with E-state index in [9.17, 15) is 4.79 Å². The van der Waals surface area contributed by atoms with E-state index in [-0.39, 0.29) is 6.54 Å². The maximum atomic E-state index is 11.6. The molecule has 26 heavy (non-hydrogen) atoms. The fourth-order valence-corrected chi connectivity index (χ4v) is 3.32. The second-order valence-electron chi connectivity index (χ2n) is 6.64. The summed E-state index contributed by atoms with van der Waals surface area (Å²) < 4.78 is 5.19. The molecule has 136 valence electrons. The molecular weight excluding hydrogens is 324 g/mol. The van der Waals surface area contributed by atoms with Crippen LogP contribution in [0.2, 0.25) is 0 Å². The maximum absolute atomic E-state index is 11.6. The molecule has 0 heterocycles. The number of hydrogen-bond acceptors (Lipinski definition) is 4. The first-order valence-electron chi connectivity index (χ1n) is 9.18. The normalized spacial score (nSPS) is 14.3. The lowest BCUT2D eigenvalue weighted by atomic mass is 9.85. The van der Waals surface area contributed by atoms with Gasteiger partial charge >= 0.3 is 5.97 Å². The molecule has 4 N–H and O–H groups in total. The Morgan fingerprint density at radius 1 is 1.08 bits per heavy atom. The SMILES string of the molecule is NCC(N)C(=O)OCCCc1cccc2c1C=C(c1ccccc1)CC2. The van der Waals surface area contributed by atoms with E-state index >= 15 is 0 Å². The van der Waals surface area contributed by atoms with Crippen LogP contribution in [-0.4, -0.2) is 25.2 Å². The van der Waals surface area contributed by atoms with E-state index in [0.29, 0.717) is 6.61 Å². The van der Waals surface area contributed by atoms with Gasteiger partial charge in [-0.1, -0.05) is 54.6 Å². The maximum Gasteiger partial charge on any atom is 0.324 e. The van der Waals surface area contributed by atoms with Crippen LogP contribution in [0, 0.1) is 0 Å². The van der Waals surface area contributed by atoms with E-state index in [1.54, 1.807) is 0 Å². The number of fused-ring (bicyclic) bond motifs is 1. The van der Waals surface area contributed by atoms with Crippen LogP contribution in [0.25, 0.3) is 11.6 Å². The monoisotopic (exact) mass is 350 g/mol. The van der Waals surface area contributed by atoms with Gasteiger partial charge in [0.05, 0.1) is 6.61 Å². The van der Waals surface area contributed by atoms with E-state index in [1.807, 2.05) is 6.07 Å². The van der Waals surface area contributed by atoms with Gasteiger partial charge in [0.25, 0.3) is 0 Å². The van der Waals surface area contributed by atoms with Crippen molar-refractivity contribution in [3.05, 3.63) is 70.8 Å². The number of carbonyl (C=O) groups is 1. The highest BCUT2D eigenvalue weighted by molar-refractivity contribution is 5.85. The predicted molar refractivity (Wildman–Crippen MR) is 105 cm³/mol. The van der Waals surface area contributed by atoms with Crippen molar-refractivity contribution in [1.29, 1.82) is 0 Å². The summed E-state index contributed by atoms with van der Waals surface area (Å²) in [5, 5.41) is 0. The summed E-state index contributed by atoms with van der Waals surface area (Å²) >= 11 is 0. The molecule has 0 saturated carbocycles. The third-order valence-electron chi connectivity index (χ3n) is 4.81. The first-order chi connectivity index (χ1) is 12.7. The standard InChI is InChI=1S/C22H26N2O2/c23-15-21(24)22(25)26-13-5-10-17-8-4-9-18-11-12-19(14-20(17)18)16-6-2-1-3-7-16/h1-4,6-9,14,21H,5,10-13,15,23-24H2. The minimum Gasteiger partial charge on any atom is -0.464 e. The number of aryl methyl sites for hydroxylation is 2. The van der Waals surface area contributed by atoms with Crippen LogP contribution in [0.3, 0.4) is 0 Å². The van der Waals surface area contributed by atoms with Gasteiger partial charge in [0.2, 0.25) is 0 Å². The lowest BCUT2D eigenvalue weighted by Gasteiger charge is -2.20. The van der Waals surface area contributed by atoms with Crippen molar-refractivity contribution in [2.45, 2.75) is 31.7 Å². The zero-order valence-electron chi connectivity index (χ0n) is 15.0. The largest absolute Gasteiger partial charge is 0.464 e. The van der Waals surface area contributed by atoms with Crippen LogP contribution >= 0.6 is 0 Å². The van der Waals surface area contributed by atoms with Gasteiger partial charge in [-0.25, -0.2) is 0 Å². The number of esters is 1. The first kappa shape index (κ1) is 18.4. The van der Waals surface area contributed by atoms with Crippen LogP contribution in [0.5, 0.6) is 0 Å². The molecule has 1 aliphatic rings. The summed E-state index contributed by atoms with van der Waals surface area (Å²) in [5.74, 6) is -0.422. The molecule has 1 aliphatic carbocycles. The van der Waals surface area contributed by atoms with E-state index in [4.69, 9.17) is 16.2 Å². The number of nitrogens with two attached hydrogens (primary N) is 2.